The van der Waals surface area contributed by atoms with E-state index in [9.17, 15) is 8.42 Å². The number of sulfonamides is 1. The SMILES string of the molecule is O=S(=O)(c1[nH]ncc1CCl)N(Cc1ccsc1)C1CC1. The van der Waals surface area contributed by atoms with E-state index in [4.69, 9.17) is 11.6 Å². The number of aromatic nitrogens is 2. The van der Waals surface area contributed by atoms with Gasteiger partial charge in [0.05, 0.1) is 12.1 Å². The molecule has 0 amide bonds. The van der Waals surface area contributed by atoms with Crippen molar-refractivity contribution in [2.75, 3.05) is 0 Å². The number of thiophene rings is 1. The Kier molecular flexibility index (Phi) is 3.85. The lowest BCUT2D eigenvalue weighted by Crippen LogP contribution is -2.33. The largest absolute Gasteiger partial charge is 0.266 e. The van der Waals surface area contributed by atoms with Crippen LogP contribution in [-0.2, 0) is 22.4 Å². The zero-order valence-electron chi connectivity index (χ0n) is 10.6. The van der Waals surface area contributed by atoms with Crippen molar-refractivity contribution in [1.29, 1.82) is 0 Å². The predicted octanol–water partition coefficient (Wildman–Crippen LogP) is 2.56. The number of hydrogen-bond acceptors (Lipinski definition) is 4. The molecule has 1 fully saturated rings. The summed E-state index contributed by atoms with van der Waals surface area (Å²) in [5.41, 5.74) is 1.53. The summed E-state index contributed by atoms with van der Waals surface area (Å²) >= 11 is 7.35. The molecule has 0 atom stereocenters. The zero-order valence-corrected chi connectivity index (χ0v) is 13.0. The monoisotopic (exact) mass is 331 g/mol. The Bertz CT molecular complexity index is 677. The number of hydrogen-bond donors (Lipinski definition) is 1. The Balaban J connectivity index is 1.94. The molecule has 2 heterocycles. The van der Waals surface area contributed by atoms with Crippen LogP contribution in [0, 0.1) is 0 Å². The van der Waals surface area contributed by atoms with E-state index in [0.717, 1.165) is 18.4 Å². The molecule has 0 aliphatic heterocycles. The first-order valence-corrected chi connectivity index (χ1v) is 9.16. The summed E-state index contributed by atoms with van der Waals surface area (Å²) in [6.45, 7) is 0.400. The van der Waals surface area contributed by atoms with Crippen molar-refractivity contribution >= 4 is 33.0 Å². The van der Waals surface area contributed by atoms with Crippen LogP contribution in [0.1, 0.15) is 24.0 Å². The third kappa shape index (κ3) is 2.63. The summed E-state index contributed by atoms with van der Waals surface area (Å²) < 4.78 is 27.1. The number of H-pyrrole nitrogens is 1. The van der Waals surface area contributed by atoms with Gasteiger partial charge in [-0.2, -0.15) is 20.7 Å². The number of nitrogens with one attached hydrogen (secondary N) is 1. The van der Waals surface area contributed by atoms with Gasteiger partial charge in [0.2, 0.25) is 0 Å². The molecular formula is C12H14ClN3O2S2. The van der Waals surface area contributed by atoms with E-state index in [0.29, 0.717) is 12.1 Å². The smallest absolute Gasteiger partial charge is 0.260 e. The second-order valence-corrected chi connectivity index (χ2v) is 7.65. The van der Waals surface area contributed by atoms with Crippen molar-refractivity contribution in [1.82, 2.24) is 14.5 Å². The molecule has 1 aliphatic carbocycles. The third-order valence-corrected chi connectivity index (χ3v) is 6.20. The van der Waals surface area contributed by atoms with Crippen LogP contribution in [0.5, 0.6) is 0 Å². The van der Waals surface area contributed by atoms with Crippen molar-refractivity contribution in [3.63, 3.8) is 0 Å². The van der Waals surface area contributed by atoms with Crippen molar-refractivity contribution in [3.8, 4) is 0 Å². The summed E-state index contributed by atoms with van der Waals surface area (Å²) in [5, 5.41) is 10.4. The average Bonchev–Trinajstić information content (AvgIpc) is 2.95. The fourth-order valence-corrected chi connectivity index (χ4v) is 4.79. The first kappa shape index (κ1) is 14.1. The molecule has 0 radical (unpaired) electrons. The number of nitrogens with zero attached hydrogens (tertiary/aromatic N) is 2. The lowest BCUT2D eigenvalue weighted by molar-refractivity contribution is 0.396. The van der Waals surface area contributed by atoms with Gasteiger partial charge in [0.25, 0.3) is 10.0 Å². The van der Waals surface area contributed by atoms with Crippen LogP contribution >= 0.6 is 22.9 Å². The third-order valence-electron chi connectivity index (χ3n) is 3.26. The molecule has 1 saturated carbocycles. The fourth-order valence-electron chi connectivity index (χ4n) is 2.07. The molecule has 20 heavy (non-hydrogen) atoms. The quantitative estimate of drug-likeness (QED) is 0.827. The normalized spacial score (nSPS) is 15.9. The summed E-state index contributed by atoms with van der Waals surface area (Å²) in [6, 6.07) is 2.04. The van der Waals surface area contributed by atoms with E-state index < -0.39 is 10.0 Å². The van der Waals surface area contributed by atoms with Gasteiger partial charge in [0.1, 0.15) is 0 Å². The minimum Gasteiger partial charge on any atom is -0.266 e. The molecule has 2 aromatic rings. The highest BCUT2D eigenvalue weighted by molar-refractivity contribution is 7.89. The summed E-state index contributed by atoms with van der Waals surface area (Å²) in [6.07, 6.45) is 3.29. The lowest BCUT2D eigenvalue weighted by Gasteiger charge is -2.21. The number of alkyl halides is 1. The molecule has 2 aromatic heterocycles. The topological polar surface area (TPSA) is 66.1 Å². The van der Waals surface area contributed by atoms with Gasteiger partial charge in [0.15, 0.2) is 5.03 Å². The highest BCUT2D eigenvalue weighted by Crippen LogP contribution is 2.34. The molecular weight excluding hydrogens is 318 g/mol. The Hall–Kier alpha value is -0.890. The molecule has 0 unspecified atom stereocenters. The molecule has 1 N–H and O–H groups in total. The molecule has 0 spiro atoms. The Morgan fingerprint density at radius 1 is 1.50 bits per heavy atom. The Labute approximate surface area is 126 Å². The minimum absolute atomic E-state index is 0.0892. The van der Waals surface area contributed by atoms with Gasteiger partial charge in [-0.3, -0.25) is 5.10 Å². The zero-order chi connectivity index (χ0) is 14.2. The van der Waals surface area contributed by atoms with Crippen molar-refractivity contribution in [3.05, 3.63) is 34.2 Å². The summed E-state index contributed by atoms with van der Waals surface area (Å²) in [4.78, 5) is 0. The molecule has 108 valence electrons. The number of rotatable bonds is 6. The Morgan fingerprint density at radius 2 is 2.30 bits per heavy atom. The van der Waals surface area contributed by atoms with Crippen LogP contribution < -0.4 is 0 Å². The first-order valence-electron chi connectivity index (χ1n) is 6.24. The van der Waals surface area contributed by atoms with Crippen LogP contribution in [-0.4, -0.2) is 29.0 Å². The van der Waals surface area contributed by atoms with Crippen molar-refractivity contribution < 1.29 is 8.42 Å². The van der Waals surface area contributed by atoms with Gasteiger partial charge in [-0.1, -0.05) is 0 Å². The summed E-state index contributed by atoms with van der Waals surface area (Å²) in [7, 11) is -3.58. The van der Waals surface area contributed by atoms with E-state index in [1.807, 2.05) is 16.8 Å². The predicted molar refractivity (Wildman–Crippen MR) is 78.2 cm³/mol. The van der Waals surface area contributed by atoms with E-state index in [-0.39, 0.29) is 16.9 Å². The van der Waals surface area contributed by atoms with Gasteiger partial charge in [0, 0.05) is 18.2 Å². The highest BCUT2D eigenvalue weighted by atomic mass is 35.5. The number of aromatic amines is 1. The minimum atomic E-state index is -3.58. The second kappa shape index (κ2) is 5.48. The maximum Gasteiger partial charge on any atom is 0.260 e. The van der Waals surface area contributed by atoms with Crippen LogP contribution in [0.4, 0.5) is 0 Å². The standard InChI is InChI=1S/C12H14ClN3O2S2/c13-5-10-6-14-15-12(10)20(17,18)16(11-1-2-11)7-9-3-4-19-8-9/h3-4,6,8,11H,1-2,5,7H2,(H,14,15). The molecule has 8 heteroatoms. The van der Waals surface area contributed by atoms with Crippen molar-refractivity contribution in [2.24, 2.45) is 0 Å². The van der Waals surface area contributed by atoms with Crippen LogP contribution in [0.3, 0.4) is 0 Å². The fraction of sp³-hybridized carbons (Fsp3) is 0.417. The second-order valence-electron chi connectivity index (χ2n) is 4.77. The Morgan fingerprint density at radius 3 is 2.90 bits per heavy atom. The molecule has 3 rings (SSSR count). The molecule has 5 nitrogen and oxygen atoms in total. The average molecular weight is 332 g/mol. The van der Waals surface area contributed by atoms with Gasteiger partial charge in [-0.05, 0) is 35.2 Å². The molecule has 0 bridgehead atoms. The van der Waals surface area contributed by atoms with Crippen LogP contribution in [0.15, 0.2) is 28.0 Å². The van der Waals surface area contributed by atoms with Crippen LogP contribution in [0.2, 0.25) is 0 Å². The van der Waals surface area contributed by atoms with Crippen molar-refractivity contribution in [2.45, 2.75) is 36.3 Å². The van der Waals surface area contributed by atoms with Gasteiger partial charge in [-0.25, -0.2) is 8.42 Å². The molecule has 1 aliphatic rings. The summed E-state index contributed by atoms with van der Waals surface area (Å²) in [5.74, 6) is 0.127. The molecule has 0 saturated heterocycles. The van der Waals surface area contributed by atoms with E-state index >= 15 is 0 Å². The van der Waals surface area contributed by atoms with E-state index in [2.05, 4.69) is 10.2 Å². The first-order chi connectivity index (χ1) is 9.63. The van der Waals surface area contributed by atoms with Gasteiger partial charge in [-0.15, -0.1) is 11.6 Å². The van der Waals surface area contributed by atoms with Gasteiger partial charge < -0.3 is 0 Å². The number of halogens is 1. The maximum absolute atomic E-state index is 12.8. The van der Waals surface area contributed by atoms with Crippen LogP contribution in [0.25, 0.3) is 0 Å². The molecule has 0 aromatic carbocycles. The van der Waals surface area contributed by atoms with E-state index in [1.165, 1.54) is 6.20 Å². The van der Waals surface area contributed by atoms with Gasteiger partial charge >= 0.3 is 0 Å². The lowest BCUT2D eigenvalue weighted by atomic mass is 10.3. The highest BCUT2D eigenvalue weighted by Gasteiger charge is 2.39. The maximum atomic E-state index is 12.8. The van der Waals surface area contributed by atoms with E-state index in [1.54, 1.807) is 15.6 Å².